The molecule has 1 saturated heterocycles. The van der Waals surface area contributed by atoms with Crippen LogP contribution in [0.2, 0.25) is 0 Å². The number of pyridine rings is 1. The Balaban J connectivity index is 1.82. The molecule has 3 heterocycles. The molecule has 4 nitrogen and oxygen atoms in total. The molecular weight excluding hydrogens is 335 g/mol. The number of rotatable bonds is 3. The Morgan fingerprint density at radius 3 is 2.72 bits per heavy atom. The first-order valence-electron chi connectivity index (χ1n) is 8.05. The third kappa shape index (κ3) is 2.78. The average Bonchev–Trinajstić information content (AvgIpc) is 3.25. The van der Waals surface area contributed by atoms with Crippen molar-refractivity contribution >= 4 is 23.0 Å². The highest BCUT2D eigenvalue weighted by Gasteiger charge is 2.41. The molecule has 4 rings (SSSR count). The van der Waals surface area contributed by atoms with Crippen LogP contribution in [0.4, 0.5) is 10.1 Å². The monoisotopic (exact) mass is 352 g/mol. The third-order valence-electron chi connectivity index (χ3n) is 4.46. The van der Waals surface area contributed by atoms with Gasteiger partial charge in [0.2, 0.25) is 0 Å². The second-order valence-electron chi connectivity index (χ2n) is 6.06. The van der Waals surface area contributed by atoms with E-state index in [1.54, 1.807) is 19.2 Å². The normalized spacial score (nSPS) is 19.9. The highest BCUT2D eigenvalue weighted by Crippen LogP contribution is 2.41. The smallest absolute Gasteiger partial charge is 0.174 e. The summed E-state index contributed by atoms with van der Waals surface area (Å²) in [5, 5.41) is 3.97. The van der Waals surface area contributed by atoms with E-state index in [4.69, 9.17) is 12.2 Å². The highest BCUT2D eigenvalue weighted by atomic mass is 32.1. The number of hydrogen-bond donors (Lipinski definition) is 2. The molecule has 0 radical (unpaired) electrons. The molecule has 0 amide bonds. The Labute approximate surface area is 150 Å². The molecule has 0 unspecified atom stereocenters. The molecular formula is C19H17FN4S. The van der Waals surface area contributed by atoms with Crippen LogP contribution in [-0.2, 0) is 0 Å². The van der Waals surface area contributed by atoms with Gasteiger partial charge in [-0.1, -0.05) is 6.07 Å². The van der Waals surface area contributed by atoms with Gasteiger partial charge in [-0.05, 0) is 67.2 Å². The van der Waals surface area contributed by atoms with E-state index in [1.165, 1.54) is 6.07 Å². The molecule has 1 aromatic carbocycles. The summed E-state index contributed by atoms with van der Waals surface area (Å²) in [5.41, 5.74) is 3.37. The van der Waals surface area contributed by atoms with E-state index in [0.717, 1.165) is 17.1 Å². The second kappa shape index (κ2) is 6.29. The van der Waals surface area contributed by atoms with Crippen molar-refractivity contribution in [1.82, 2.24) is 15.3 Å². The molecule has 2 atom stereocenters. The van der Waals surface area contributed by atoms with Gasteiger partial charge in [0.05, 0.1) is 11.7 Å². The molecule has 1 aliphatic rings. The van der Waals surface area contributed by atoms with Crippen LogP contribution in [0.5, 0.6) is 0 Å². The molecule has 0 spiro atoms. The van der Waals surface area contributed by atoms with Gasteiger partial charge in [0, 0.05) is 23.8 Å². The minimum absolute atomic E-state index is 0.0951. The van der Waals surface area contributed by atoms with Gasteiger partial charge in [0.15, 0.2) is 5.11 Å². The van der Waals surface area contributed by atoms with E-state index < -0.39 is 0 Å². The minimum atomic E-state index is -0.223. The zero-order valence-electron chi connectivity index (χ0n) is 13.6. The number of aryl methyl sites for hydroxylation is 1. The van der Waals surface area contributed by atoms with Gasteiger partial charge in [-0.2, -0.15) is 0 Å². The fraction of sp³-hybridized carbons (Fsp3) is 0.158. The Morgan fingerprint density at radius 2 is 2.04 bits per heavy atom. The van der Waals surface area contributed by atoms with Crippen LogP contribution in [0.15, 0.2) is 60.9 Å². The molecule has 1 fully saturated rings. The van der Waals surface area contributed by atoms with Crippen LogP contribution in [0.3, 0.4) is 0 Å². The maximum atomic E-state index is 13.7. The molecule has 2 N–H and O–H groups in total. The standard InChI is InChI=1S/C19H17FN4S/c1-12-11-13(7-8-14(12)20)24-18(16-6-4-10-22-16)17(23-19(24)25)15-5-2-3-9-21-15/h2-11,17-18,22H,1H3,(H,23,25)/t17-,18-/m0/s1. The van der Waals surface area contributed by atoms with Gasteiger partial charge in [0.25, 0.3) is 0 Å². The topological polar surface area (TPSA) is 44.0 Å². The van der Waals surface area contributed by atoms with Crippen molar-refractivity contribution < 1.29 is 4.39 Å². The Bertz CT molecular complexity index is 895. The SMILES string of the molecule is Cc1cc(N2C(=S)N[C@@H](c3ccccn3)[C@@H]2c2ccc[nH]2)ccc1F. The van der Waals surface area contributed by atoms with Crippen LogP contribution in [-0.4, -0.2) is 15.1 Å². The maximum absolute atomic E-state index is 13.7. The van der Waals surface area contributed by atoms with Gasteiger partial charge in [-0.3, -0.25) is 4.98 Å². The predicted molar refractivity (Wildman–Crippen MR) is 99.9 cm³/mol. The number of benzene rings is 1. The van der Waals surface area contributed by atoms with Crippen molar-refractivity contribution in [3.05, 3.63) is 83.7 Å². The number of anilines is 1. The summed E-state index contributed by atoms with van der Waals surface area (Å²) in [6.07, 6.45) is 3.66. The molecule has 1 aliphatic heterocycles. The lowest BCUT2D eigenvalue weighted by Gasteiger charge is -2.27. The molecule has 2 aromatic heterocycles. The van der Waals surface area contributed by atoms with Crippen molar-refractivity contribution in [1.29, 1.82) is 0 Å². The first kappa shape index (κ1) is 15.8. The number of aromatic amines is 1. The van der Waals surface area contributed by atoms with Crippen LogP contribution in [0.1, 0.15) is 29.0 Å². The first-order valence-corrected chi connectivity index (χ1v) is 8.46. The number of thiocarbonyl (C=S) groups is 1. The summed E-state index contributed by atoms with van der Waals surface area (Å²) < 4.78 is 13.7. The quantitative estimate of drug-likeness (QED) is 0.699. The lowest BCUT2D eigenvalue weighted by atomic mass is 10.0. The Morgan fingerprint density at radius 1 is 1.16 bits per heavy atom. The number of aromatic nitrogens is 2. The Kier molecular flexibility index (Phi) is 3.97. The summed E-state index contributed by atoms with van der Waals surface area (Å²) in [5.74, 6) is -0.223. The molecule has 6 heteroatoms. The maximum Gasteiger partial charge on any atom is 0.174 e. The Hall–Kier alpha value is -2.73. The van der Waals surface area contributed by atoms with Crippen molar-refractivity contribution in [2.45, 2.75) is 19.0 Å². The lowest BCUT2D eigenvalue weighted by molar-refractivity contribution is 0.558. The van der Waals surface area contributed by atoms with E-state index >= 15 is 0 Å². The van der Waals surface area contributed by atoms with E-state index in [9.17, 15) is 4.39 Å². The molecule has 0 aliphatic carbocycles. The highest BCUT2D eigenvalue weighted by molar-refractivity contribution is 7.80. The van der Waals surface area contributed by atoms with Gasteiger partial charge in [-0.25, -0.2) is 4.39 Å². The van der Waals surface area contributed by atoms with Gasteiger partial charge in [0.1, 0.15) is 11.9 Å². The number of hydrogen-bond acceptors (Lipinski definition) is 2. The molecule has 0 saturated carbocycles. The van der Waals surface area contributed by atoms with Crippen molar-refractivity contribution in [2.24, 2.45) is 0 Å². The lowest BCUT2D eigenvalue weighted by Crippen LogP contribution is -2.29. The summed E-state index contributed by atoms with van der Waals surface area (Å²) in [6, 6.07) is 14.7. The summed E-state index contributed by atoms with van der Waals surface area (Å²) in [6.45, 7) is 1.76. The van der Waals surface area contributed by atoms with Crippen molar-refractivity contribution in [3.63, 3.8) is 0 Å². The summed E-state index contributed by atoms with van der Waals surface area (Å²) >= 11 is 5.61. The third-order valence-corrected chi connectivity index (χ3v) is 4.77. The molecule has 0 bridgehead atoms. The van der Waals surface area contributed by atoms with Crippen molar-refractivity contribution in [3.8, 4) is 0 Å². The zero-order chi connectivity index (χ0) is 17.4. The minimum Gasteiger partial charge on any atom is -0.363 e. The number of nitrogens with one attached hydrogen (secondary N) is 2. The van der Waals surface area contributed by atoms with Crippen LogP contribution in [0, 0.1) is 12.7 Å². The first-order chi connectivity index (χ1) is 12.1. The fourth-order valence-electron chi connectivity index (χ4n) is 3.26. The summed E-state index contributed by atoms with van der Waals surface area (Å²) in [7, 11) is 0. The largest absolute Gasteiger partial charge is 0.363 e. The predicted octanol–water partition coefficient (Wildman–Crippen LogP) is 4.03. The van der Waals surface area contributed by atoms with Crippen LogP contribution in [0.25, 0.3) is 0 Å². The number of H-pyrrole nitrogens is 1. The van der Waals surface area contributed by atoms with E-state index in [0.29, 0.717) is 10.7 Å². The van der Waals surface area contributed by atoms with Gasteiger partial charge < -0.3 is 15.2 Å². The fourth-order valence-corrected chi connectivity index (χ4v) is 3.60. The van der Waals surface area contributed by atoms with Crippen molar-refractivity contribution in [2.75, 3.05) is 4.90 Å². The van der Waals surface area contributed by atoms with Crippen LogP contribution >= 0.6 is 12.2 Å². The van der Waals surface area contributed by atoms with Gasteiger partial charge in [-0.15, -0.1) is 0 Å². The zero-order valence-corrected chi connectivity index (χ0v) is 14.4. The second-order valence-corrected chi connectivity index (χ2v) is 6.44. The van der Waals surface area contributed by atoms with E-state index in [2.05, 4.69) is 15.3 Å². The number of halogens is 1. The molecule has 126 valence electrons. The number of nitrogens with zero attached hydrogens (tertiary/aromatic N) is 2. The van der Waals surface area contributed by atoms with E-state index in [1.807, 2.05) is 47.5 Å². The molecule has 25 heavy (non-hydrogen) atoms. The van der Waals surface area contributed by atoms with Gasteiger partial charge >= 0.3 is 0 Å². The summed E-state index contributed by atoms with van der Waals surface area (Å²) in [4.78, 5) is 9.80. The van der Waals surface area contributed by atoms with E-state index in [-0.39, 0.29) is 17.9 Å². The van der Waals surface area contributed by atoms with Crippen LogP contribution < -0.4 is 10.2 Å². The average molecular weight is 352 g/mol. The molecule has 3 aromatic rings.